The zero-order valence-electron chi connectivity index (χ0n) is 13.3. The van der Waals surface area contributed by atoms with E-state index in [1.807, 2.05) is 0 Å². The normalized spacial score (nSPS) is 23.4. The van der Waals surface area contributed by atoms with Crippen molar-refractivity contribution < 1.29 is 13.2 Å². The van der Waals surface area contributed by atoms with Crippen LogP contribution in [0.4, 0.5) is 0 Å². The third kappa shape index (κ3) is 3.96. The minimum atomic E-state index is -3.44. The van der Waals surface area contributed by atoms with Gasteiger partial charge in [0, 0.05) is 25.2 Å². The molecule has 1 aromatic rings. The molecule has 2 aliphatic heterocycles. The lowest BCUT2D eigenvalue weighted by Crippen LogP contribution is -2.43. The van der Waals surface area contributed by atoms with Crippen LogP contribution in [0.15, 0.2) is 23.2 Å². The van der Waals surface area contributed by atoms with E-state index in [0.717, 1.165) is 19.4 Å². The largest absolute Gasteiger partial charge is 0.481 e. The minimum absolute atomic E-state index is 0. The monoisotopic (exact) mass is 361 g/mol. The van der Waals surface area contributed by atoms with E-state index in [1.54, 1.807) is 16.4 Å². The summed E-state index contributed by atoms with van der Waals surface area (Å²) >= 11 is 0. The smallest absolute Gasteiger partial charge is 0.244 e. The van der Waals surface area contributed by atoms with Crippen LogP contribution < -0.4 is 10.1 Å². The number of nitrogens with one attached hydrogen (secondary N) is 1. The summed E-state index contributed by atoms with van der Waals surface area (Å²) in [6.45, 7) is 2.29. The molecular weight excluding hydrogens is 338 g/mol. The minimum Gasteiger partial charge on any atom is -0.481 e. The van der Waals surface area contributed by atoms with E-state index in [-0.39, 0.29) is 17.3 Å². The second-order valence-corrected chi connectivity index (χ2v) is 7.92. The van der Waals surface area contributed by atoms with Gasteiger partial charge in [-0.25, -0.2) is 13.4 Å². The summed E-state index contributed by atoms with van der Waals surface area (Å²) < 4.78 is 31.8. The van der Waals surface area contributed by atoms with Gasteiger partial charge in [-0.15, -0.1) is 12.4 Å². The Hall–Kier alpha value is -0.890. The highest BCUT2D eigenvalue weighted by molar-refractivity contribution is 7.89. The average Bonchev–Trinajstić information content (AvgIpc) is 3.09. The van der Waals surface area contributed by atoms with E-state index in [2.05, 4.69) is 10.3 Å². The second-order valence-electron chi connectivity index (χ2n) is 5.98. The van der Waals surface area contributed by atoms with Crippen molar-refractivity contribution in [1.29, 1.82) is 0 Å². The lowest BCUT2D eigenvalue weighted by molar-refractivity contribution is 0.234. The highest BCUT2D eigenvalue weighted by atomic mass is 35.5. The summed E-state index contributed by atoms with van der Waals surface area (Å²) in [4.78, 5) is 4.24. The summed E-state index contributed by atoms with van der Waals surface area (Å²) in [7, 11) is -1.93. The molecular formula is C15H24ClN3O3S. The predicted molar refractivity (Wildman–Crippen MR) is 90.5 cm³/mol. The van der Waals surface area contributed by atoms with Gasteiger partial charge in [0.05, 0.1) is 13.3 Å². The SMILES string of the molecule is COc1ccc(S(=O)(=O)N2CCC(C3CCCN3)CC2)cn1.Cl. The Kier molecular flexibility index (Phi) is 6.25. The lowest BCUT2D eigenvalue weighted by Gasteiger charge is -2.34. The standard InChI is InChI=1S/C15H23N3O3S.ClH/c1-21-15-5-4-13(11-17-15)22(19,20)18-9-6-12(7-10-18)14-3-2-8-16-14;/h4-5,11-12,14,16H,2-3,6-10H2,1H3;1H. The number of halogens is 1. The van der Waals surface area contributed by atoms with Gasteiger partial charge in [-0.2, -0.15) is 4.31 Å². The van der Waals surface area contributed by atoms with Crippen molar-refractivity contribution in [1.82, 2.24) is 14.6 Å². The van der Waals surface area contributed by atoms with Crippen LogP contribution in [0.3, 0.4) is 0 Å². The Morgan fingerprint density at radius 2 is 2.00 bits per heavy atom. The fraction of sp³-hybridized carbons (Fsp3) is 0.667. The van der Waals surface area contributed by atoms with E-state index in [9.17, 15) is 8.42 Å². The molecule has 3 rings (SSSR count). The fourth-order valence-corrected chi connectivity index (χ4v) is 4.84. The van der Waals surface area contributed by atoms with E-state index in [1.165, 1.54) is 26.1 Å². The van der Waals surface area contributed by atoms with Crippen LogP contribution >= 0.6 is 12.4 Å². The van der Waals surface area contributed by atoms with Gasteiger partial charge in [-0.05, 0) is 44.2 Å². The number of piperidine rings is 1. The van der Waals surface area contributed by atoms with Crippen molar-refractivity contribution in [2.75, 3.05) is 26.7 Å². The molecule has 0 bridgehead atoms. The highest BCUT2D eigenvalue weighted by Gasteiger charge is 2.33. The summed E-state index contributed by atoms with van der Waals surface area (Å²) in [5, 5.41) is 3.53. The van der Waals surface area contributed by atoms with Crippen LogP contribution in [-0.2, 0) is 10.0 Å². The highest BCUT2D eigenvalue weighted by Crippen LogP contribution is 2.28. The fourth-order valence-electron chi connectivity index (χ4n) is 3.42. The van der Waals surface area contributed by atoms with Crippen LogP contribution in [0.2, 0.25) is 0 Å². The molecule has 0 spiro atoms. The van der Waals surface area contributed by atoms with Gasteiger partial charge in [0.25, 0.3) is 0 Å². The third-order valence-corrected chi connectivity index (χ3v) is 6.60. The van der Waals surface area contributed by atoms with Gasteiger partial charge in [0.2, 0.25) is 15.9 Å². The molecule has 6 nitrogen and oxygen atoms in total. The van der Waals surface area contributed by atoms with Gasteiger partial charge in [0.15, 0.2) is 0 Å². The number of pyridine rings is 1. The summed E-state index contributed by atoms with van der Waals surface area (Å²) in [5.41, 5.74) is 0. The number of nitrogens with zero attached hydrogens (tertiary/aromatic N) is 2. The molecule has 2 saturated heterocycles. The van der Waals surface area contributed by atoms with Crippen LogP contribution in [0.5, 0.6) is 5.88 Å². The average molecular weight is 362 g/mol. The maximum Gasteiger partial charge on any atom is 0.244 e. The maximum absolute atomic E-state index is 12.6. The van der Waals surface area contributed by atoms with Crippen LogP contribution in [-0.4, -0.2) is 50.5 Å². The maximum atomic E-state index is 12.6. The van der Waals surface area contributed by atoms with E-state index in [0.29, 0.717) is 30.9 Å². The Labute approximate surface area is 144 Å². The van der Waals surface area contributed by atoms with E-state index in [4.69, 9.17) is 4.74 Å². The Morgan fingerprint density at radius 3 is 2.52 bits per heavy atom. The topological polar surface area (TPSA) is 71.5 Å². The van der Waals surface area contributed by atoms with Gasteiger partial charge < -0.3 is 10.1 Å². The predicted octanol–water partition coefficient (Wildman–Crippen LogP) is 1.66. The molecule has 1 N–H and O–H groups in total. The molecule has 1 unspecified atom stereocenters. The molecule has 1 aromatic heterocycles. The molecule has 2 fully saturated rings. The number of methoxy groups -OCH3 is 1. The first-order valence-electron chi connectivity index (χ1n) is 7.85. The number of ether oxygens (including phenoxy) is 1. The Bertz CT molecular complexity index is 595. The first-order chi connectivity index (χ1) is 10.6. The summed E-state index contributed by atoms with van der Waals surface area (Å²) in [5.74, 6) is 1.02. The summed E-state index contributed by atoms with van der Waals surface area (Å²) in [6.07, 6.45) is 5.69. The van der Waals surface area contributed by atoms with Crippen LogP contribution in [0, 0.1) is 5.92 Å². The molecule has 3 heterocycles. The molecule has 0 saturated carbocycles. The first kappa shape index (κ1) is 18.4. The Balaban J connectivity index is 0.00000192. The molecule has 8 heteroatoms. The molecule has 1 atom stereocenters. The van der Waals surface area contributed by atoms with Crippen molar-refractivity contribution in [3.8, 4) is 5.88 Å². The zero-order valence-corrected chi connectivity index (χ0v) is 14.9. The molecule has 23 heavy (non-hydrogen) atoms. The van der Waals surface area contributed by atoms with Crippen LogP contribution in [0.1, 0.15) is 25.7 Å². The Morgan fingerprint density at radius 1 is 1.26 bits per heavy atom. The van der Waals surface area contributed by atoms with Gasteiger partial charge >= 0.3 is 0 Å². The number of sulfonamides is 1. The van der Waals surface area contributed by atoms with Crippen molar-refractivity contribution in [3.05, 3.63) is 18.3 Å². The number of aromatic nitrogens is 1. The molecule has 130 valence electrons. The van der Waals surface area contributed by atoms with Crippen molar-refractivity contribution in [2.45, 2.75) is 36.6 Å². The van der Waals surface area contributed by atoms with Crippen LogP contribution in [0.25, 0.3) is 0 Å². The van der Waals surface area contributed by atoms with Crippen molar-refractivity contribution in [3.63, 3.8) is 0 Å². The van der Waals surface area contributed by atoms with Gasteiger partial charge in [-0.1, -0.05) is 0 Å². The molecule has 0 radical (unpaired) electrons. The summed E-state index contributed by atoms with van der Waals surface area (Å²) in [6, 6.07) is 3.72. The molecule has 0 aliphatic carbocycles. The number of hydrogen-bond donors (Lipinski definition) is 1. The van der Waals surface area contributed by atoms with Crippen molar-refractivity contribution in [2.24, 2.45) is 5.92 Å². The van der Waals surface area contributed by atoms with E-state index < -0.39 is 10.0 Å². The first-order valence-corrected chi connectivity index (χ1v) is 9.29. The number of hydrogen-bond acceptors (Lipinski definition) is 5. The van der Waals surface area contributed by atoms with Gasteiger partial charge in [-0.3, -0.25) is 0 Å². The molecule has 2 aliphatic rings. The van der Waals surface area contributed by atoms with Crippen molar-refractivity contribution >= 4 is 22.4 Å². The lowest BCUT2D eigenvalue weighted by atomic mass is 9.89. The number of rotatable bonds is 4. The van der Waals surface area contributed by atoms with E-state index >= 15 is 0 Å². The second kappa shape index (κ2) is 7.79. The quantitative estimate of drug-likeness (QED) is 0.883. The zero-order chi connectivity index (χ0) is 15.6. The molecule has 0 amide bonds. The molecule has 0 aromatic carbocycles. The van der Waals surface area contributed by atoms with Gasteiger partial charge in [0.1, 0.15) is 4.90 Å². The third-order valence-electron chi connectivity index (χ3n) is 4.72.